The Balaban J connectivity index is 1.34. The SMILES string of the molecule is CNOOSc1ccc([C@H](C)N2C(=O)[C@@H]3C[C@H]2CN3C[C@H](N)C(=O)N2CCC[C@H]2C#N)cc1. The van der Waals surface area contributed by atoms with E-state index in [0.717, 1.165) is 35.3 Å². The van der Waals surface area contributed by atoms with Crippen molar-refractivity contribution >= 4 is 23.9 Å². The minimum atomic E-state index is -0.726. The fraction of sp³-hybridized carbons (Fsp3) is 0.591. The van der Waals surface area contributed by atoms with Crippen molar-refractivity contribution in [2.45, 2.75) is 61.3 Å². The third kappa shape index (κ3) is 4.87. The molecule has 2 bridgehead atoms. The van der Waals surface area contributed by atoms with Crippen molar-refractivity contribution in [3.05, 3.63) is 29.8 Å². The number of amides is 2. The molecule has 3 N–H and O–H groups in total. The van der Waals surface area contributed by atoms with Crippen LogP contribution in [0.4, 0.5) is 0 Å². The highest BCUT2D eigenvalue weighted by Gasteiger charge is 2.51. The zero-order valence-corrected chi connectivity index (χ0v) is 19.7. The van der Waals surface area contributed by atoms with Crippen molar-refractivity contribution in [3.8, 4) is 6.07 Å². The molecule has 3 aliphatic heterocycles. The number of rotatable bonds is 9. The van der Waals surface area contributed by atoms with E-state index >= 15 is 0 Å². The highest BCUT2D eigenvalue weighted by molar-refractivity contribution is 7.94. The summed E-state index contributed by atoms with van der Waals surface area (Å²) in [6.45, 7) is 3.65. The number of likely N-dealkylation sites (tertiary alicyclic amines) is 3. The molecule has 1 aromatic carbocycles. The van der Waals surface area contributed by atoms with Gasteiger partial charge in [0.15, 0.2) is 0 Å². The van der Waals surface area contributed by atoms with Crippen LogP contribution in [0.5, 0.6) is 0 Å². The summed E-state index contributed by atoms with van der Waals surface area (Å²) in [5, 5.41) is 9.25. The number of nitrogens with two attached hydrogens (primary N) is 1. The van der Waals surface area contributed by atoms with Crippen LogP contribution in [0.2, 0.25) is 0 Å². The topological polar surface area (TPSA) is 124 Å². The van der Waals surface area contributed by atoms with Crippen molar-refractivity contribution in [2.75, 3.05) is 26.7 Å². The second kappa shape index (κ2) is 10.4. The number of carbonyl (C=O) groups is 2. The monoisotopic (exact) mass is 474 g/mol. The van der Waals surface area contributed by atoms with Gasteiger partial charge in [-0.3, -0.25) is 14.5 Å². The first kappa shape index (κ1) is 23.9. The van der Waals surface area contributed by atoms with Crippen molar-refractivity contribution in [1.82, 2.24) is 20.2 Å². The fourth-order valence-electron chi connectivity index (χ4n) is 5.16. The summed E-state index contributed by atoms with van der Waals surface area (Å²) in [5.41, 5.74) is 9.70. The molecule has 0 aliphatic carbocycles. The second-order valence-corrected chi connectivity index (χ2v) is 9.49. The molecule has 10 nitrogen and oxygen atoms in total. The van der Waals surface area contributed by atoms with E-state index < -0.39 is 6.04 Å². The number of nitrogens with zero attached hydrogens (tertiary/aromatic N) is 4. The van der Waals surface area contributed by atoms with Gasteiger partial charge < -0.3 is 15.5 Å². The van der Waals surface area contributed by atoms with Gasteiger partial charge in [-0.25, -0.2) is 0 Å². The largest absolute Gasteiger partial charge is 0.330 e. The van der Waals surface area contributed by atoms with Crippen LogP contribution >= 0.6 is 12.0 Å². The van der Waals surface area contributed by atoms with E-state index in [1.165, 1.54) is 0 Å². The molecule has 0 radical (unpaired) electrons. The molecule has 1 aromatic rings. The Bertz CT molecular complexity index is 909. The molecule has 33 heavy (non-hydrogen) atoms. The molecule has 4 rings (SSSR count). The van der Waals surface area contributed by atoms with Crippen LogP contribution in [0.1, 0.15) is 37.8 Å². The van der Waals surface area contributed by atoms with Crippen LogP contribution < -0.4 is 11.2 Å². The highest BCUT2D eigenvalue weighted by Crippen LogP contribution is 2.38. The maximum absolute atomic E-state index is 13.2. The zero-order chi connectivity index (χ0) is 23.5. The molecule has 11 heteroatoms. The van der Waals surface area contributed by atoms with Gasteiger partial charge >= 0.3 is 0 Å². The van der Waals surface area contributed by atoms with Crippen LogP contribution in [0.15, 0.2) is 29.2 Å². The number of piperazine rings is 1. The average Bonchev–Trinajstić information content (AvgIpc) is 3.53. The molecular formula is C22H30N6O4S. The van der Waals surface area contributed by atoms with Gasteiger partial charge in [0, 0.05) is 37.6 Å². The Kier molecular flexibility index (Phi) is 7.53. The first-order valence-electron chi connectivity index (χ1n) is 11.2. The van der Waals surface area contributed by atoms with Gasteiger partial charge in [-0.05, 0) is 43.9 Å². The lowest BCUT2D eigenvalue weighted by Crippen LogP contribution is -2.56. The van der Waals surface area contributed by atoms with Gasteiger partial charge in [0.1, 0.15) is 6.04 Å². The minimum absolute atomic E-state index is 0.0560. The van der Waals surface area contributed by atoms with Crippen molar-refractivity contribution in [2.24, 2.45) is 5.73 Å². The summed E-state index contributed by atoms with van der Waals surface area (Å²) in [5.74, 6) is -0.111. The lowest BCUT2D eigenvalue weighted by atomic mass is 10.1. The molecule has 0 spiro atoms. The van der Waals surface area contributed by atoms with Gasteiger partial charge in [-0.15, -0.1) is 9.32 Å². The number of carbonyl (C=O) groups excluding carboxylic acids is 2. The summed E-state index contributed by atoms with van der Waals surface area (Å²) < 4.78 is 4.91. The Morgan fingerprint density at radius 1 is 1.39 bits per heavy atom. The Morgan fingerprint density at radius 3 is 2.82 bits per heavy atom. The quantitative estimate of drug-likeness (QED) is 0.233. The maximum atomic E-state index is 13.2. The summed E-state index contributed by atoms with van der Waals surface area (Å²) >= 11 is 1.10. The van der Waals surface area contributed by atoms with Crippen molar-refractivity contribution < 1.29 is 18.9 Å². The third-order valence-corrected chi connectivity index (χ3v) is 7.38. The number of hydrogen-bond acceptors (Lipinski definition) is 9. The number of nitrogens with one attached hydrogen (secondary N) is 1. The van der Waals surface area contributed by atoms with Crippen molar-refractivity contribution in [3.63, 3.8) is 0 Å². The molecule has 2 amide bonds. The summed E-state index contributed by atoms with van der Waals surface area (Å²) in [7, 11) is 1.61. The van der Waals surface area contributed by atoms with E-state index in [9.17, 15) is 14.9 Å². The molecule has 3 saturated heterocycles. The average molecular weight is 475 g/mol. The van der Waals surface area contributed by atoms with E-state index in [1.807, 2.05) is 41.0 Å². The van der Waals surface area contributed by atoms with Gasteiger partial charge in [0.2, 0.25) is 11.8 Å². The van der Waals surface area contributed by atoms with E-state index in [-0.39, 0.29) is 36.0 Å². The number of benzene rings is 1. The van der Waals surface area contributed by atoms with Gasteiger partial charge in [-0.2, -0.15) is 10.7 Å². The Labute approximate surface area is 198 Å². The van der Waals surface area contributed by atoms with Crippen LogP contribution in [-0.4, -0.2) is 77.4 Å². The van der Waals surface area contributed by atoms with E-state index in [4.69, 9.17) is 10.1 Å². The summed E-state index contributed by atoms with van der Waals surface area (Å²) in [6, 6.07) is 8.70. The Hall–Kier alpha value is -2.20. The number of fused-ring (bicyclic) bond motifs is 2. The van der Waals surface area contributed by atoms with E-state index in [2.05, 4.69) is 16.5 Å². The fourth-order valence-corrected chi connectivity index (χ4v) is 5.59. The highest BCUT2D eigenvalue weighted by atomic mass is 32.2. The van der Waals surface area contributed by atoms with Gasteiger partial charge in [0.25, 0.3) is 0 Å². The minimum Gasteiger partial charge on any atom is -0.330 e. The predicted octanol–water partition coefficient (Wildman–Crippen LogP) is 0.964. The first-order chi connectivity index (χ1) is 15.9. The van der Waals surface area contributed by atoms with Crippen LogP contribution in [0.25, 0.3) is 0 Å². The van der Waals surface area contributed by atoms with Crippen LogP contribution in [-0.2, 0) is 18.9 Å². The predicted molar refractivity (Wildman–Crippen MR) is 121 cm³/mol. The maximum Gasteiger partial charge on any atom is 0.241 e. The molecular weight excluding hydrogens is 444 g/mol. The molecule has 3 fully saturated rings. The van der Waals surface area contributed by atoms with E-state index in [0.29, 0.717) is 26.1 Å². The molecule has 0 unspecified atom stereocenters. The number of nitriles is 1. The van der Waals surface area contributed by atoms with Gasteiger partial charge in [0.05, 0.1) is 36.2 Å². The molecule has 0 aromatic heterocycles. The zero-order valence-electron chi connectivity index (χ0n) is 18.8. The van der Waals surface area contributed by atoms with Gasteiger partial charge in [-0.1, -0.05) is 12.1 Å². The second-order valence-electron chi connectivity index (χ2n) is 8.71. The molecule has 5 atom stereocenters. The molecule has 0 saturated carbocycles. The molecule has 3 aliphatic rings. The smallest absolute Gasteiger partial charge is 0.241 e. The normalized spacial score (nSPS) is 26.6. The lowest BCUT2D eigenvalue weighted by molar-refractivity contribution is -0.237. The standard InChI is InChI=1S/C22H30N6O4S/c1-14(15-5-7-18(8-6-15)33-32-31-25-2)28-17-10-20(22(28)30)26(12-17)13-19(24)21(29)27-9-3-4-16(27)11-23/h5-8,14,16-17,19-20,25H,3-4,9-10,12-13,24H2,1-2H3/t14-,16-,17-,19-,20-/m0/s1. The summed E-state index contributed by atoms with van der Waals surface area (Å²) in [4.78, 5) is 37.1. The Morgan fingerprint density at radius 2 is 2.15 bits per heavy atom. The molecule has 178 valence electrons. The van der Waals surface area contributed by atoms with Crippen LogP contribution in [0, 0.1) is 11.3 Å². The lowest BCUT2D eigenvalue weighted by Gasteiger charge is -2.38. The van der Waals surface area contributed by atoms with Crippen molar-refractivity contribution in [1.29, 1.82) is 5.26 Å². The number of hydroxylamine groups is 1. The number of hydrogen-bond donors (Lipinski definition) is 2. The molecule has 3 heterocycles. The summed E-state index contributed by atoms with van der Waals surface area (Å²) in [6.07, 6.45) is 2.27. The van der Waals surface area contributed by atoms with E-state index in [1.54, 1.807) is 11.9 Å². The first-order valence-corrected chi connectivity index (χ1v) is 12.0. The third-order valence-electron chi connectivity index (χ3n) is 6.77. The van der Waals surface area contributed by atoms with Crippen LogP contribution in [0.3, 0.4) is 0 Å².